The lowest BCUT2D eigenvalue weighted by atomic mass is 9.99. The van der Waals surface area contributed by atoms with Crippen LogP contribution < -0.4 is 5.32 Å². The molecule has 0 amide bonds. The van der Waals surface area contributed by atoms with Gasteiger partial charge in [-0.1, -0.05) is 20.8 Å². The van der Waals surface area contributed by atoms with Crippen LogP contribution >= 0.6 is 0 Å². The molecule has 2 atom stereocenters. The summed E-state index contributed by atoms with van der Waals surface area (Å²) in [5, 5.41) is 3.56. The summed E-state index contributed by atoms with van der Waals surface area (Å²) in [5.74, 6) is 1.93. The summed E-state index contributed by atoms with van der Waals surface area (Å²) in [6.07, 6.45) is 8.72. The third-order valence-electron chi connectivity index (χ3n) is 3.30. The molecule has 0 spiro atoms. The van der Waals surface area contributed by atoms with Gasteiger partial charge in [0.1, 0.15) is 5.82 Å². The van der Waals surface area contributed by atoms with E-state index < -0.39 is 0 Å². The zero-order valence-corrected chi connectivity index (χ0v) is 12.4. The number of hydrogen-bond acceptors (Lipinski definition) is 2. The highest BCUT2D eigenvalue weighted by molar-refractivity contribution is 4.94. The maximum absolute atomic E-state index is 4.49. The molecule has 1 rings (SSSR count). The Morgan fingerprint density at radius 1 is 1.28 bits per heavy atom. The van der Waals surface area contributed by atoms with Crippen molar-refractivity contribution in [1.29, 1.82) is 0 Å². The molecule has 1 aromatic heterocycles. The average molecular weight is 251 g/mol. The maximum atomic E-state index is 4.49. The van der Waals surface area contributed by atoms with Crippen LogP contribution in [0.15, 0.2) is 12.4 Å². The summed E-state index contributed by atoms with van der Waals surface area (Å²) in [7, 11) is 0. The van der Waals surface area contributed by atoms with E-state index in [2.05, 4.69) is 48.8 Å². The van der Waals surface area contributed by atoms with Gasteiger partial charge in [0.2, 0.25) is 0 Å². The molecule has 0 saturated heterocycles. The minimum Gasteiger partial charge on any atom is -0.335 e. The zero-order valence-electron chi connectivity index (χ0n) is 12.4. The van der Waals surface area contributed by atoms with E-state index in [1.165, 1.54) is 25.1 Å². The molecule has 0 aliphatic carbocycles. The molecule has 0 aliphatic rings. The summed E-state index contributed by atoms with van der Waals surface area (Å²) >= 11 is 0. The van der Waals surface area contributed by atoms with Crippen molar-refractivity contribution in [3.63, 3.8) is 0 Å². The molecule has 0 fully saturated rings. The topological polar surface area (TPSA) is 29.9 Å². The second-order valence-electron chi connectivity index (χ2n) is 5.44. The molecule has 3 nitrogen and oxygen atoms in total. The first-order chi connectivity index (χ1) is 8.67. The molecule has 1 heterocycles. The van der Waals surface area contributed by atoms with Gasteiger partial charge in [-0.15, -0.1) is 0 Å². The van der Waals surface area contributed by atoms with Crippen LogP contribution in [0.1, 0.15) is 52.8 Å². The van der Waals surface area contributed by atoms with Crippen LogP contribution in [-0.2, 0) is 13.0 Å². The fourth-order valence-electron chi connectivity index (χ4n) is 2.45. The number of imidazole rings is 1. The number of nitrogens with one attached hydrogen (secondary N) is 1. The van der Waals surface area contributed by atoms with E-state index in [0.717, 1.165) is 19.5 Å². The highest BCUT2D eigenvalue weighted by Gasteiger charge is 2.11. The van der Waals surface area contributed by atoms with E-state index in [1.54, 1.807) is 0 Å². The molecule has 0 aliphatic heterocycles. The molecule has 2 unspecified atom stereocenters. The van der Waals surface area contributed by atoms with Crippen molar-refractivity contribution in [3.8, 4) is 0 Å². The third-order valence-corrected chi connectivity index (χ3v) is 3.30. The van der Waals surface area contributed by atoms with Crippen LogP contribution in [0, 0.1) is 5.92 Å². The molecule has 0 saturated carbocycles. The molecule has 0 radical (unpaired) electrons. The molecule has 0 aromatic carbocycles. The molecule has 18 heavy (non-hydrogen) atoms. The quantitative estimate of drug-likeness (QED) is 0.730. The van der Waals surface area contributed by atoms with Gasteiger partial charge in [0.05, 0.1) is 0 Å². The lowest BCUT2D eigenvalue weighted by molar-refractivity contribution is 0.409. The van der Waals surface area contributed by atoms with Gasteiger partial charge in [-0.3, -0.25) is 0 Å². The van der Waals surface area contributed by atoms with Crippen molar-refractivity contribution in [2.45, 2.75) is 66.0 Å². The standard InChI is InChI=1S/C15H29N3/c1-5-7-16-14(4)11-13(3)12-15-17-8-10-18(15)9-6-2/h8,10,13-14,16H,5-7,9,11-12H2,1-4H3. The fraction of sp³-hybridized carbons (Fsp3) is 0.800. The van der Waals surface area contributed by atoms with Gasteiger partial charge >= 0.3 is 0 Å². The first kappa shape index (κ1) is 15.2. The zero-order chi connectivity index (χ0) is 13.4. The Labute approximate surface area is 112 Å². The predicted octanol–water partition coefficient (Wildman–Crippen LogP) is 3.25. The molecular formula is C15H29N3. The summed E-state index contributed by atoms with van der Waals surface area (Å²) < 4.78 is 2.29. The first-order valence-corrected chi connectivity index (χ1v) is 7.40. The highest BCUT2D eigenvalue weighted by atomic mass is 15.1. The van der Waals surface area contributed by atoms with Crippen LogP contribution in [0.4, 0.5) is 0 Å². The van der Waals surface area contributed by atoms with Crippen LogP contribution in [-0.4, -0.2) is 22.1 Å². The second-order valence-corrected chi connectivity index (χ2v) is 5.44. The van der Waals surface area contributed by atoms with E-state index in [0.29, 0.717) is 12.0 Å². The Morgan fingerprint density at radius 2 is 2.06 bits per heavy atom. The van der Waals surface area contributed by atoms with E-state index in [-0.39, 0.29) is 0 Å². The Bertz CT molecular complexity index is 319. The van der Waals surface area contributed by atoms with Gasteiger partial charge in [-0.2, -0.15) is 0 Å². The minimum absolute atomic E-state index is 0.606. The average Bonchev–Trinajstić information content (AvgIpc) is 2.74. The summed E-state index contributed by atoms with van der Waals surface area (Å²) in [6.45, 7) is 11.2. The van der Waals surface area contributed by atoms with Crippen molar-refractivity contribution >= 4 is 0 Å². The monoisotopic (exact) mass is 251 g/mol. The van der Waals surface area contributed by atoms with Gasteiger partial charge in [-0.05, 0) is 38.6 Å². The highest BCUT2D eigenvalue weighted by Crippen LogP contribution is 2.13. The lowest BCUT2D eigenvalue weighted by Gasteiger charge is -2.18. The molecule has 1 aromatic rings. The Balaban J connectivity index is 2.38. The predicted molar refractivity (Wildman–Crippen MR) is 77.8 cm³/mol. The minimum atomic E-state index is 0.606. The molecule has 3 heteroatoms. The number of aromatic nitrogens is 2. The molecule has 1 N–H and O–H groups in total. The van der Waals surface area contributed by atoms with E-state index in [1.807, 2.05) is 6.20 Å². The normalized spacial score (nSPS) is 14.7. The Kier molecular flexibility index (Phi) is 7.02. The Hall–Kier alpha value is -0.830. The number of nitrogens with zero attached hydrogens (tertiary/aromatic N) is 2. The fourth-order valence-corrected chi connectivity index (χ4v) is 2.45. The summed E-state index contributed by atoms with van der Waals surface area (Å²) in [5.41, 5.74) is 0. The lowest BCUT2D eigenvalue weighted by Crippen LogP contribution is -2.29. The second kappa shape index (κ2) is 8.30. The summed E-state index contributed by atoms with van der Waals surface area (Å²) in [6, 6.07) is 0.606. The SMILES string of the molecule is CCCNC(C)CC(C)Cc1nccn1CCC. The van der Waals surface area contributed by atoms with E-state index in [4.69, 9.17) is 0 Å². The van der Waals surface area contributed by atoms with Gasteiger partial charge in [0, 0.05) is 31.4 Å². The smallest absolute Gasteiger partial charge is 0.108 e. The Morgan fingerprint density at radius 3 is 2.72 bits per heavy atom. The van der Waals surface area contributed by atoms with Crippen molar-refractivity contribution < 1.29 is 0 Å². The van der Waals surface area contributed by atoms with Crippen LogP contribution in [0.3, 0.4) is 0 Å². The number of rotatable bonds is 9. The summed E-state index contributed by atoms with van der Waals surface area (Å²) in [4.78, 5) is 4.49. The van der Waals surface area contributed by atoms with E-state index >= 15 is 0 Å². The van der Waals surface area contributed by atoms with Gasteiger partial charge in [0.15, 0.2) is 0 Å². The number of aryl methyl sites for hydroxylation is 1. The van der Waals surface area contributed by atoms with Crippen molar-refractivity contribution in [2.75, 3.05) is 6.54 Å². The molecular weight excluding hydrogens is 222 g/mol. The third kappa shape index (κ3) is 5.21. The first-order valence-electron chi connectivity index (χ1n) is 7.40. The van der Waals surface area contributed by atoms with Crippen molar-refractivity contribution in [2.24, 2.45) is 5.92 Å². The van der Waals surface area contributed by atoms with Gasteiger partial charge in [-0.25, -0.2) is 4.98 Å². The van der Waals surface area contributed by atoms with Gasteiger partial charge < -0.3 is 9.88 Å². The van der Waals surface area contributed by atoms with Crippen LogP contribution in [0.25, 0.3) is 0 Å². The van der Waals surface area contributed by atoms with Crippen molar-refractivity contribution in [3.05, 3.63) is 18.2 Å². The maximum Gasteiger partial charge on any atom is 0.108 e. The van der Waals surface area contributed by atoms with Crippen LogP contribution in [0.5, 0.6) is 0 Å². The largest absolute Gasteiger partial charge is 0.335 e. The van der Waals surface area contributed by atoms with Gasteiger partial charge in [0.25, 0.3) is 0 Å². The van der Waals surface area contributed by atoms with Crippen molar-refractivity contribution in [1.82, 2.24) is 14.9 Å². The van der Waals surface area contributed by atoms with E-state index in [9.17, 15) is 0 Å². The molecule has 104 valence electrons. The number of hydrogen-bond donors (Lipinski definition) is 1. The molecule has 0 bridgehead atoms. The van der Waals surface area contributed by atoms with Crippen LogP contribution in [0.2, 0.25) is 0 Å².